The fraction of sp³-hybridized carbons (Fsp3) is 0.107. The third kappa shape index (κ3) is 3.36. The van der Waals surface area contributed by atoms with Crippen LogP contribution in [0.15, 0.2) is 108 Å². The highest BCUT2D eigenvalue weighted by Gasteiger charge is 2.46. The lowest BCUT2D eigenvalue weighted by Gasteiger charge is -2.37. The van der Waals surface area contributed by atoms with Crippen molar-refractivity contribution in [1.29, 1.82) is 0 Å². The predicted octanol–water partition coefficient (Wildman–Crippen LogP) is 6.01. The molecule has 3 nitrogen and oxygen atoms in total. The first-order valence-electron chi connectivity index (χ1n) is 10.6. The van der Waals surface area contributed by atoms with Crippen molar-refractivity contribution in [3.05, 3.63) is 130 Å². The number of rotatable bonds is 6. The van der Waals surface area contributed by atoms with Gasteiger partial charge in [-0.05, 0) is 45.9 Å². The molecule has 4 aromatic carbocycles. The third-order valence-electron chi connectivity index (χ3n) is 6.23. The van der Waals surface area contributed by atoms with Gasteiger partial charge in [-0.1, -0.05) is 113 Å². The molecule has 0 saturated heterocycles. The highest BCUT2D eigenvalue weighted by molar-refractivity contribution is 9.10. The summed E-state index contributed by atoms with van der Waals surface area (Å²) in [5, 5.41) is 13.9. The van der Waals surface area contributed by atoms with E-state index >= 15 is 0 Å². The number of carboxylic acids is 1. The summed E-state index contributed by atoms with van der Waals surface area (Å²) < 4.78 is 0.911. The summed E-state index contributed by atoms with van der Waals surface area (Å²) in [6.07, 6.45) is 0.357. The quantitative estimate of drug-likeness (QED) is 0.353. The average Bonchev–Trinajstić information content (AvgIpc) is 3.11. The molecular weight excluding hydrogens is 462 g/mol. The molecule has 4 heteroatoms. The van der Waals surface area contributed by atoms with Crippen LogP contribution in [-0.4, -0.2) is 17.1 Å². The summed E-state index contributed by atoms with van der Waals surface area (Å²) in [7, 11) is 0. The van der Waals surface area contributed by atoms with Gasteiger partial charge in [-0.3, -0.25) is 10.1 Å². The maximum absolute atomic E-state index is 12.5. The third-order valence-corrected chi connectivity index (χ3v) is 7.00. The van der Waals surface area contributed by atoms with E-state index in [9.17, 15) is 9.90 Å². The standard InChI is InChI=1S/C28H22BrNO2/c29-25-17-9-4-10-19(25)18-26(27(31)32)30-28(20-11-2-1-3-12-20)23-15-7-5-13-21(23)22-14-6-8-16-24(22)28/h1-17,26,30H,18H2,(H,31,32). The van der Waals surface area contributed by atoms with Gasteiger partial charge in [-0.25, -0.2) is 0 Å². The maximum Gasteiger partial charge on any atom is 0.321 e. The molecule has 32 heavy (non-hydrogen) atoms. The van der Waals surface area contributed by atoms with Gasteiger partial charge in [0.15, 0.2) is 0 Å². The number of halogens is 1. The largest absolute Gasteiger partial charge is 0.480 e. The highest BCUT2D eigenvalue weighted by Crippen LogP contribution is 2.51. The average molecular weight is 484 g/mol. The molecule has 1 atom stereocenters. The predicted molar refractivity (Wildman–Crippen MR) is 131 cm³/mol. The first kappa shape index (κ1) is 20.7. The molecule has 0 fully saturated rings. The molecular formula is C28H22BrNO2. The second kappa shape index (κ2) is 8.38. The summed E-state index contributed by atoms with van der Waals surface area (Å²) in [4.78, 5) is 12.5. The Bertz CT molecular complexity index is 1240. The summed E-state index contributed by atoms with van der Waals surface area (Å²) in [5.74, 6) is -0.877. The topological polar surface area (TPSA) is 49.3 Å². The Kier molecular flexibility index (Phi) is 5.41. The van der Waals surface area contributed by atoms with Crippen molar-refractivity contribution < 1.29 is 9.90 Å². The normalized spacial score (nSPS) is 14.4. The fourth-order valence-corrected chi connectivity index (χ4v) is 5.26. The molecule has 0 heterocycles. The van der Waals surface area contributed by atoms with E-state index in [1.165, 1.54) is 0 Å². The van der Waals surface area contributed by atoms with Gasteiger partial charge < -0.3 is 5.11 Å². The van der Waals surface area contributed by atoms with Crippen molar-refractivity contribution in [3.8, 4) is 11.1 Å². The molecule has 158 valence electrons. The van der Waals surface area contributed by atoms with Crippen molar-refractivity contribution >= 4 is 21.9 Å². The molecule has 1 unspecified atom stereocenters. The minimum atomic E-state index is -0.877. The van der Waals surface area contributed by atoms with Crippen LogP contribution in [0.5, 0.6) is 0 Å². The van der Waals surface area contributed by atoms with Crippen LogP contribution in [0, 0.1) is 0 Å². The van der Waals surface area contributed by atoms with E-state index in [2.05, 4.69) is 57.6 Å². The van der Waals surface area contributed by atoms with Crippen LogP contribution < -0.4 is 5.32 Å². The molecule has 2 N–H and O–H groups in total. The molecule has 0 aliphatic heterocycles. The minimum Gasteiger partial charge on any atom is -0.480 e. The van der Waals surface area contributed by atoms with Crippen LogP contribution in [0.4, 0.5) is 0 Å². The Morgan fingerprint density at radius 3 is 1.91 bits per heavy atom. The molecule has 0 spiro atoms. The monoisotopic (exact) mass is 483 g/mol. The van der Waals surface area contributed by atoms with Gasteiger partial charge >= 0.3 is 5.97 Å². The Morgan fingerprint density at radius 2 is 1.31 bits per heavy atom. The second-order valence-electron chi connectivity index (χ2n) is 8.04. The van der Waals surface area contributed by atoms with Crippen molar-refractivity contribution in [3.63, 3.8) is 0 Å². The molecule has 4 aromatic rings. The number of carboxylic acid groups (broad SMARTS) is 1. The molecule has 0 radical (unpaired) electrons. The molecule has 1 aliphatic rings. The Morgan fingerprint density at radius 1 is 0.781 bits per heavy atom. The number of nitrogens with one attached hydrogen (secondary N) is 1. The molecule has 0 saturated carbocycles. The van der Waals surface area contributed by atoms with Gasteiger partial charge in [-0.2, -0.15) is 0 Å². The Balaban J connectivity index is 1.71. The van der Waals surface area contributed by atoms with Crippen molar-refractivity contribution in [2.45, 2.75) is 18.0 Å². The van der Waals surface area contributed by atoms with Gasteiger partial charge in [0, 0.05) is 4.47 Å². The van der Waals surface area contributed by atoms with Crippen LogP contribution >= 0.6 is 15.9 Å². The van der Waals surface area contributed by atoms with Crippen LogP contribution in [0.25, 0.3) is 11.1 Å². The van der Waals surface area contributed by atoms with Crippen LogP contribution in [0.2, 0.25) is 0 Å². The first-order valence-corrected chi connectivity index (χ1v) is 11.4. The SMILES string of the molecule is O=C(O)C(Cc1ccccc1Br)NC1(c2ccccc2)c2ccccc2-c2ccccc21. The Hall–Kier alpha value is -3.21. The van der Waals surface area contributed by atoms with Crippen LogP contribution in [-0.2, 0) is 16.8 Å². The second-order valence-corrected chi connectivity index (χ2v) is 8.89. The van der Waals surface area contributed by atoms with Crippen LogP contribution in [0.1, 0.15) is 22.3 Å². The van der Waals surface area contributed by atoms with Gasteiger partial charge in [0.2, 0.25) is 0 Å². The zero-order chi connectivity index (χ0) is 22.1. The number of hydrogen-bond donors (Lipinski definition) is 2. The molecule has 0 aromatic heterocycles. The lowest BCUT2D eigenvalue weighted by Crippen LogP contribution is -2.52. The van der Waals surface area contributed by atoms with Crippen molar-refractivity contribution in [2.75, 3.05) is 0 Å². The number of hydrogen-bond acceptors (Lipinski definition) is 2. The van der Waals surface area contributed by atoms with E-state index in [-0.39, 0.29) is 0 Å². The summed E-state index contributed by atoms with van der Waals surface area (Å²) in [6, 6.07) is 33.7. The number of fused-ring (bicyclic) bond motifs is 3. The zero-order valence-corrected chi connectivity index (χ0v) is 18.9. The first-order chi connectivity index (χ1) is 15.6. The molecule has 0 amide bonds. The molecule has 0 bridgehead atoms. The number of benzene rings is 4. The van der Waals surface area contributed by atoms with E-state index < -0.39 is 17.6 Å². The fourth-order valence-electron chi connectivity index (χ4n) is 4.82. The van der Waals surface area contributed by atoms with Gasteiger partial charge in [-0.15, -0.1) is 0 Å². The number of aliphatic carboxylic acids is 1. The zero-order valence-electron chi connectivity index (χ0n) is 17.3. The van der Waals surface area contributed by atoms with Crippen molar-refractivity contribution in [2.24, 2.45) is 0 Å². The molecule has 1 aliphatic carbocycles. The van der Waals surface area contributed by atoms with Gasteiger partial charge in [0.05, 0.1) is 5.54 Å². The van der Waals surface area contributed by atoms with E-state index in [1.54, 1.807) is 0 Å². The molecule has 5 rings (SSSR count). The van der Waals surface area contributed by atoms with Crippen molar-refractivity contribution in [1.82, 2.24) is 5.32 Å². The van der Waals surface area contributed by atoms with E-state index in [1.807, 2.05) is 66.7 Å². The van der Waals surface area contributed by atoms with Crippen LogP contribution in [0.3, 0.4) is 0 Å². The van der Waals surface area contributed by atoms with E-state index in [0.29, 0.717) is 6.42 Å². The summed E-state index contributed by atoms with van der Waals surface area (Å²) in [6.45, 7) is 0. The maximum atomic E-state index is 12.5. The summed E-state index contributed by atoms with van der Waals surface area (Å²) in [5.41, 5.74) is 5.62. The minimum absolute atomic E-state index is 0.357. The lowest BCUT2D eigenvalue weighted by molar-refractivity contribution is -0.139. The van der Waals surface area contributed by atoms with Gasteiger partial charge in [0.25, 0.3) is 0 Å². The smallest absolute Gasteiger partial charge is 0.321 e. The van der Waals surface area contributed by atoms with E-state index in [0.717, 1.165) is 37.9 Å². The summed E-state index contributed by atoms with van der Waals surface area (Å²) >= 11 is 3.58. The highest BCUT2D eigenvalue weighted by atomic mass is 79.9. The lowest BCUT2D eigenvalue weighted by atomic mass is 9.79. The van der Waals surface area contributed by atoms with E-state index in [4.69, 9.17) is 0 Å². The number of carbonyl (C=O) groups is 1. The van der Waals surface area contributed by atoms with Gasteiger partial charge in [0.1, 0.15) is 6.04 Å². The Labute approximate surface area is 195 Å².